The van der Waals surface area contributed by atoms with Crippen LogP contribution in [0.4, 0.5) is 39.4 Å². The zero-order valence-electron chi connectivity index (χ0n) is 42.6. The van der Waals surface area contributed by atoms with Crippen molar-refractivity contribution in [1.29, 1.82) is 0 Å². The van der Waals surface area contributed by atoms with Crippen LogP contribution in [0.1, 0.15) is 41.4 Å². The van der Waals surface area contributed by atoms with Crippen molar-refractivity contribution in [3.8, 4) is 0 Å². The number of aryl methyl sites for hydroxylation is 4. The van der Waals surface area contributed by atoms with Crippen molar-refractivity contribution in [3.63, 3.8) is 0 Å². The highest BCUT2D eigenvalue weighted by molar-refractivity contribution is 7.87. The zero-order chi connectivity index (χ0) is 62.3. The minimum absolute atomic E-state index is 0.0334. The first kappa shape index (κ1) is 61.2. The van der Waals surface area contributed by atoms with Gasteiger partial charge in [-0.2, -0.15) is 50.5 Å². The molecule has 84 heavy (non-hydrogen) atoms. The van der Waals surface area contributed by atoms with Gasteiger partial charge in [0, 0.05) is 63.8 Å². The summed E-state index contributed by atoms with van der Waals surface area (Å²) in [5.41, 5.74) is -1.94. The average molecular weight is 1280 g/mol. The predicted molar refractivity (Wildman–Crippen MR) is 293 cm³/mol. The Morgan fingerprint density at radius 1 is 0.321 bits per heavy atom. The summed E-state index contributed by atoms with van der Waals surface area (Å²) >= 11 is 0. The monoisotopic (exact) mass is 1280 g/mol. The van der Waals surface area contributed by atoms with Crippen LogP contribution in [0.15, 0.2) is 127 Å². The van der Waals surface area contributed by atoms with E-state index in [0.29, 0.717) is 48.5 Å². The topological polar surface area (TPSA) is 503 Å². The molecule has 39 heteroatoms. The number of fused-ring (bicyclic) bond motifs is 2. The third-order valence-corrected chi connectivity index (χ3v) is 17.3. The minimum Gasteiger partial charge on any atom is -0.337 e. The Bertz CT molecular complexity index is 4630. The van der Waals surface area contributed by atoms with Gasteiger partial charge in [0.05, 0.1) is 53.2 Å². The van der Waals surface area contributed by atoms with E-state index in [1.807, 2.05) is 0 Å². The Kier molecular flexibility index (Phi) is 15.6. The van der Waals surface area contributed by atoms with Gasteiger partial charge < -0.3 is 39.5 Å². The first-order valence-corrected chi connectivity index (χ1v) is 31.3. The third-order valence-electron chi connectivity index (χ3n) is 12.2. The van der Waals surface area contributed by atoms with Gasteiger partial charge in [-0.05, 0) is 83.6 Å². The molecule has 0 fully saturated rings. The number of rotatable bonds is 16. The van der Waals surface area contributed by atoms with Crippen molar-refractivity contribution >= 4 is 147 Å². The second kappa shape index (κ2) is 21.4. The molecule has 0 radical (unpaired) electrons. The van der Waals surface area contributed by atoms with Crippen LogP contribution < -0.4 is 31.9 Å². The van der Waals surface area contributed by atoms with E-state index in [1.165, 1.54) is 83.4 Å². The number of hydrogen-bond donors (Lipinski definition) is 12. The number of hydrogen-bond acceptors (Lipinski definition) is 17. The fraction of sp³-hybridized carbons (Fsp3) is 0.0889. The number of urea groups is 1. The van der Waals surface area contributed by atoms with Gasteiger partial charge in [0.15, 0.2) is 0 Å². The molecule has 0 bridgehead atoms. The molecule has 33 nitrogen and oxygen atoms in total. The maximum atomic E-state index is 13.6. The molecule has 0 saturated carbocycles. The lowest BCUT2D eigenvalue weighted by atomic mass is 10.1. The van der Waals surface area contributed by atoms with Crippen LogP contribution in [0, 0.1) is 0 Å². The highest BCUT2D eigenvalue weighted by Gasteiger charge is 2.29. The lowest BCUT2D eigenvalue weighted by molar-refractivity contribution is 0.101. The van der Waals surface area contributed by atoms with Crippen molar-refractivity contribution in [3.05, 3.63) is 120 Å². The number of carbonyl (C=O) groups is 5. The van der Waals surface area contributed by atoms with Gasteiger partial charge >= 0.3 is 6.03 Å². The van der Waals surface area contributed by atoms with Gasteiger partial charge in [0.25, 0.3) is 84.3 Å². The van der Waals surface area contributed by atoms with Crippen LogP contribution in [-0.2, 0) is 88.9 Å². The molecular weight excluding hydrogens is 1240 g/mol. The Labute approximate surface area is 473 Å². The quantitative estimate of drug-likeness (QED) is 0.0616. The van der Waals surface area contributed by atoms with Crippen LogP contribution in [-0.4, -0.2) is 126 Å². The molecule has 0 aliphatic heterocycles. The second-order valence-corrected chi connectivity index (χ2v) is 26.6. The van der Waals surface area contributed by atoms with E-state index < -0.39 is 153 Å². The fourth-order valence-electron chi connectivity index (χ4n) is 8.33. The van der Waals surface area contributed by atoms with Gasteiger partial charge in [0.1, 0.15) is 33.1 Å². The van der Waals surface area contributed by atoms with Crippen molar-refractivity contribution in [2.45, 2.75) is 29.4 Å². The lowest BCUT2D eigenvalue weighted by Crippen LogP contribution is -2.22. The standard InChI is InChI=1S/C45H40N10O23S6/c1-52-17-23(41(56)46-31-13-27(79(61,62)63)5-21-7-29(81(67,68)69)15-33(39(21)31)83(73,74)75)9-35(52)48-43(58)25-11-37(54(3)19-25)50-45(60)51-38-12-26(20-55(38)4)44(59)49-36-10-24(18-53(36)2)42(57)47-32-14-28(80(64,65)66)6-22-8-30(82(70,71)72)16-34(40(22)32)84(76,77)78/h5-20H,1-4H3,(H,46,56)(H,47,57)(H,48,58)(H,49,59)(H2,50,51,60)(H,61,62,63)(H,64,65,66)(H,67,68,69)(H,70,71,72)(H,73,74,75)(H,76,77,78). The number of anilines is 6. The molecule has 0 saturated heterocycles. The smallest absolute Gasteiger partial charge is 0.325 e. The molecule has 0 spiro atoms. The van der Waals surface area contributed by atoms with Crippen LogP contribution in [0.2, 0.25) is 0 Å². The van der Waals surface area contributed by atoms with Gasteiger partial charge in [-0.3, -0.25) is 57.1 Å². The molecule has 4 heterocycles. The summed E-state index contributed by atoms with van der Waals surface area (Å²) in [6, 6.07) is 8.30. The fourth-order valence-corrected chi connectivity index (χ4v) is 12.2. The van der Waals surface area contributed by atoms with Crippen LogP contribution in [0.25, 0.3) is 21.5 Å². The molecule has 0 aliphatic rings. The van der Waals surface area contributed by atoms with E-state index >= 15 is 0 Å². The summed E-state index contributed by atoms with van der Waals surface area (Å²) in [6.07, 6.45) is 4.98. The van der Waals surface area contributed by atoms with E-state index in [2.05, 4.69) is 31.9 Å². The SMILES string of the molecule is Cn1cc(C(=O)Nc2cc(C(=O)Nc3cc(S(=O)(=O)O)cc4cc(S(=O)(=O)O)cc(S(=O)(=O)O)c34)cn2C)cc1NC(=O)Nc1cc(C(=O)Nc2cc(C(=O)Nc3cc(S(=O)(=O)O)cc4cc(S(=O)(=O)O)cc(S(=O)(=O)O)c34)cn2C)cn1C. The van der Waals surface area contributed by atoms with E-state index in [1.54, 1.807) is 0 Å². The number of carbonyl (C=O) groups excluding carboxylic acids is 5. The lowest BCUT2D eigenvalue weighted by Gasteiger charge is -2.14. The Morgan fingerprint density at radius 3 is 0.810 bits per heavy atom. The molecule has 4 aromatic carbocycles. The largest absolute Gasteiger partial charge is 0.337 e. The number of nitrogens with zero attached hydrogens (tertiary/aromatic N) is 4. The van der Waals surface area contributed by atoms with E-state index in [4.69, 9.17) is 0 Å². The molecule has 0 unspecified atom stereocenters. The first-order valence-electron chi connectivity index (χ1n) is 22.6. The minimum atomic E-state index is -5.36. The van der Waals surface area contributed by atoms with Gasteiger partial charge in [-0.1, -0.05) is 0 Å². The van der Waals surface area contributed by atoms with Crippen LogP contribution >= 0.6 is 0 Å². The molecule has 8 rings (SSSR count). The number of amides is 6. The maximum Gasteiger partial charge on any atom is 0.325 e. The van der Waals surface area contributed by atoms with E-state index in [-0.39, 0.29) is 45.5 Å². The Morgan fingerprint density at radius 2 is 0.560 bits per heavy atom. The van der Waals surface area contributed by atoms with Gasteiger partial charge in [0.2, 0.25) is 0 Å². The highest BCUT2D eigenvalue weighted by Crippen LogP contribution is 2.38. The predicted octanol–water partition coefficient (Wildman–Crippen LogP) is 3.48. The second-order valence-electron chi connectivity index (χ2n) is 18.1. The summed E-state index contributed by atoms with van der Waals surface area (Å²) in [5, 5.41) is 12.2. The molecule has 4 aromatic heterocycles. The van der Waals surface area contributed by atoms with Gasteiger partial charge in [-0.15, -0.1) is 0 Å². The molecule has 12 N–H and O–H groups in total. The molecule has 444 valence electrons. The third kappa shape index (κ3) is 13.0. The van der Waals surface area contributed by atoms with Crippen LogP contribution in [0.5, 0.6) is 0 Å². The number of benzene rings is 4. The molecule has 6 amide bonds. The van der Waals surface area contributed by atoms with Crippen molar-refractivity contribution in [2.24, 2.45) is 28.2 Å². The summed E-state index contributed by atoms with van der Waals surface area (Å²) in [4.78, 5) is 60.9. The normalized spacial score (nSPS) is 12.5. The van der Waals surface area contributed by atoms with Crippen molar-refractivity contribution in [2.75, 3.05) is 31.9 Å². The zero-order valence-corrected chi connectivity index (χ0v) is 47.5. The van der Waals surface area contributed by atoms with Crippen molar-refractivity contribution in [1.82, 2.24) is 18.3 Å². The summed E-state index contributed by atoms with van der Waals surface area (Å²) in [5.74, 6) is -3.72. The highest BCUT2D eigenvalue weighted by atomic mass is 32.2. The molecule has 8 aromatic rings. The summed E-state index contributed by atoms with van der Waals surface area (Å²) in [6.45, 7) is 0. The van der Waals surface area contributed by atoms with Crippen molar-refractivity contribution < 1.29 is 102 Å². The van der Waals surface area contributed by atoms with E-state index in [0.717, 1.165) is 12.1 Å². The van der Waals surface area contributed by atoms with E-state index in [9.17, 15) is 102 Å². The Balaban J connectivity index is 0.934. The number of nitrogens with one attached hydrogen (secondary N) is 6. The summed E-state index contributed by atoms with van der Waals surface area (Å²) in [7, 11) is -25.6. The average Bonchev–Trinajstić information content (AvgIpc) is 4.29. The maximum absolute atomic E-state index is 13.6. The summed E-state index contributed by atoms with van der Waals surface area (Å²) < 4.78 is 210. The van der Waals surface area contributed by atoms with Gasteiger partial charge in [-0.25, -0.2) is 4.79 Å². The molecular formula is C45H40N10O23S6. The van der Waals surface area contributed by atoms with Crippen LogP contribution in [0.3, 0.4) is 0 Å². The first-order chi connectivity index (χ1) is 38.6. The molecule has 0 atom stereocenters. The number of aromatic nitrogens is 4. The Hall–Kier alpha value is -8.87. The molecule has 0 aliphatic carbocycles.